The first-order valence-corrected chi connectivity index (χ1v) is 6.80. The topological polar surface area (TPSA) is 29.5 Å². The van der Waals surface area contributed by atoms with Crippen molar-refractivity contribution in [3.63, 3.8) is 0 Å². The van der Waals surface area contributed by atoms with Crippen molar-refractivity contribution in [2.75, 3.05) is 0 Å². The number of aliphatic hydroxyl groups is 1. The molecule has 0 radical (unpaired) electrons. The van der Waals surface area contributed by atoms with E-state index in [1.54, 1.807) is 12.1 Å². The summed E-state index contributed by atoms with van der Waals surface area (Å²) in [5.41, 5.74) is 0.699. The highest BCUT2D eigenvalue weighted by Gasteiger charge is 2.35. The molecule has 0 aromatic heterocycles. The lowest BCUT2D eigenvalue weighted by atomic mass is 9.87. The Morgan fingerprint density at radius 1 is 1.17 bits per heavy atom. The molecule has 2 fully saturated rings. The van der Waals surface area contributed by atoms with Gasteiger partial charge in [-0.1, -0.05) is 18.9 Å². The number of ether oxygens (including phenoxy) is 1. The van der Waals surface area contributed by atoms with Crippen LogP contribution in [0.5, 0.6) is 5.75 Å². The second-order valence-electron chi connectivity index (χ2n) is 5.68. The summed E-state index contributed by atoms with van der Waals surface area (Å²) >= 11 is 0. The van der Waals surface area contributed by atoms with Crippen molar-refractivity contribution in [2.45, 2.75) is 44.8 Å². The average molecular weight is 250 g/mol. The molecular weight excluding hydrogens is 231 g/mol. The number of aliphatic hydroxyl groups excluding tert-OH is 1. The summed E-state index contributed by atoms with van der Waals surface area (Å²) in [6.45, 7) is -0.0768. The zero-order valence-electron chi connectivity index (χ0n) is 10.4. The van der Waals surface area contributed by atoms with Crippen molar-refractivity contribution >= 4 is 0 Å². The second-order valence-corrected chi connectivity index (χ2v) is 5.68. The maximum atomic E-state index is 13.7. The van der Waals surface area contributed by atoms with Crippen LogP contribution < -0.4 is 4.74 Å². The van der Waals surface area contributed by atoms with Gasteiger partial charge < -0.3 is 9.84 Å². The van der Waals surface area contributed by atoms with Crippen LogP contribution in [0.15, 0.2) is 18.2 Å². The van der Waals surface area contributed by atoms with Crippen LogP contribution in [0.3, 0.4) is 0 Å². The number of hydrogen-bond donors (Lipinski definition) is 1. The predicted molar refractivity (Wildman–Crippen MR) is 66.8 cm³/mol. The van der Waals surface area contributed by atoms with E-state index in [4.69, 9.17) is 9.84 Å². The van der Waals surface area contributed by atoms with Gasteiger partial charge in [0.25, 0.3) is 0 Å². The smallest absolute Gasteiger partial charge is 0.165 e. The highest BCUT2D eigenvalue weighted by molar-refractivity contribution is 5.30. The third kappa shape index (κ3) is 2.37. The Labute approximate surface area is 107 Å². The van der Waals surface area contributed by atoms with Crippen molar-refractivity contribution in [3.8, 4) is 5.75 Å². The third-order valence-electron chi connectivity index (χ3n) is 4.31. The van der Waals surface area contributed by atoms with Gasteiger partial charge in [-0.2, -0.15) is 0 Å². The third-order valence-corrected chi connectivity index (χ3v) is 4.31. The van der Waals surface area contributed by atoms with E-state index in [0.29, 0.717) is 11.3 Å². The highest BCUT2D eigenvalue weighted by Crippen LogP contribution is 2.43. The molecule has 0 heterocycles. The first kappa shape index (κ1) is 12.0. The summed E-state index contributed by atoms with van der Waals surface area (Å²) in [5.74, 6) is 1.52. The van der Waals surface area contributed by atoms with Gasteiger partial charge in [0, 0.05) is 0 Å². The zero-order chi connectivity index (χ0) is 12.5. The zero-order valence-corrected chi connectivity index (χ0v) is 10.4. The van der Waals surface area contributed by atoms with Crippen LogP contribution >= 0.6 is 0 Å². The summed E-state index contributed by atoms with van der Waals surface area (Å²) in [6.07, 6.45) is 6.21. The molecule has 1 aromatic rings. The van der Waals surface area contributed by atoms with Gasteiger partial charge in [0.2, 0.25) is 0 Å². The molecule has 0 aliphatic heterocycles. The fourth-order valence-electron chi connectivity index (χ4n) is 3.46. The molecule has 18 heavy (non-hydrogen) atoms. The Kier molecular flexibility index (Phi) is 3.25. The lowest BCUT2D eigenvalue weighted by Crippen LogP contribution is -2.26. The summed E-state index contributed by atoms with van der Waals surface area (Å²) < 4.78 is 19.5. The maximum Gasteiger partial charge on any atom is 0.165 e. The van der Waals surface area contributed by atoms with Gasteiger partial charge in [0.15, 0.2) is 11.6 Å². The number of rotatable bonds is 3. The summed E-state index contributed by atoms with van der Waals surface area (Å²) in [7, 11) is 0. The Morgan fingerprint density at radius 3 is 2.56 bits per heavy atom. The van der Waals surface area contributed by atoms with E-state index in [0.717, 1.165) is 24.7 Å². The molecule has 0 unspecified atom stereocenters. The standard InChI is InChI=1S/C15H19FO2/c16-14-4-3-12(9-17)8-15(14)18-13-6-10-1-2-11(5-10)7-13/h3-4,8,10-11,13,17H,1-2,5-7,9H2/t10-,11+,13-. The molecule has 2 aliphatic rings. The van der Waals surface area contributed by atoms with Crippen LogP contribution in [-0.2, 0) is 6.61 Å². The number of fused-ring (bicyclic) bond motifs is 2. The lowest BCUT2D eigenvalue weighted by Gasteiger charge is -2.28. The fourth-order valence-corrected chi connectivity index (χ4v) is 3.46. The molecule has 3 rings (SSSR count). The Morgan fingerprint density at radius 2 is 1.89 bits per heavy atom. The molecule has 2 saturated carbocycles. The quantitative estimate of drug-likeness (QED) is 0.892. The minimum atomic E-state index is -0.329. The molecule has 2 nitrogen and oxygen atoms in total. The maximum absolute atomic E-state index is 13.7. The van der Waals surface area contributed by atoms with Crippen LogP contribution in [0, 0.1) is 17.7 Å². The van der Waals surface area contributed by atoms with E-state index in [1.807, 2.05) is 0 Å². The molecule has 0 amide bonds. The molecule has 3 heteroatoms. The van der Waals surface area contributed by atoms with Gasteiger partial charge in [-0.25, -0.2) is 4.39 Å². The summed E-state index contributed by atoms with van der Waals surface area (Å²) in [5, 5.41) is 9.07. The molecule has 0 saturated heterocycles. The molecule has 98 valence electrons. The largest absolute Gasteiger partial charge is 0.487 e. The minimum absolute atomic E-state index is 0.0768. The number of halogens is 1. The van der Waals surface area contributed by atoms with Gasteiger partial charge >= 0.3 is 0 Å². The molecule has 2 bridgehead atoms. The van der Waals surface area contributed by atoms with Crippen LogP contribution in [0.4, 0.5) is 4.39 Å². The van der Waals surface area contributed by atoms with Crippen LogP contribution in [0.2, 0.25) is 0 Å². The van der Waals surface area contributed by atoms with Crippen molar-refractivity contribution in [1.29, 1.82) is 0 Å². The minimum Gasteiger partial charge on any atom is -0.487 e. The van der Waals surface area contributed by atoms with Crippen LogP contribution in [0.25, 0.3) is 0 Å². The summed E-state index contributed by atoms with van der Waals surface area (Å²) in [4.78, 5) is 0. The van der Waals surface area contributed by atoms with Gasteiger partial charge in [0.05, 0.1) is 12.7 Å². The molecule has 3 atom stereocenters. The Balaban J connectivity index is 1.72. The SMILES string of the molecule is OCc1ccc(F)c(O[C@@H]2C[C@@H]3CC[C@@H](C3)C2)c1. The van der Waals surface area contributed by atoms with Crippen molar-refractivity contribution in [2.24, 2.45) is 11.8 Å². The number of benzene rings is 1. The number of hydrogen-bond acceptors (Lipinski definition) is 2. The molecule has 0 spiro atoms. The van der Waals surface area contributed by atoms with Gasteiger partial charge in [-0.15, -0.1) is 0 Å². The van der Waals surface area contributed by atoms with E-state index >= 15 is 0 Å². The second kappa shape index (κ2) is 4.88. The van der Waals surface area contributed by atoms with Gasteiger partial charge in [0.1, 0.15) is 0 Å². The predicted octanol–water partition coefficient (Wildman–Crippen LogP) is 3.28. The fraction of sp³-hybridized carbons (Fsp3) is 0.600. The Hall–Kier alpha value is -1.09. The highest BCUT2D eigenvalue weighted by atomic mass is 19.1. The summed E-state index contributed by atoms with van der Waals surface area (Å²) in [6, 6.07) is 4.58. The van der Waals surface area contributed by atoms with E-state index in [2.05, 4.69) is 0 Å². The average Bonchev–Trinajstić information content (AvgIpc) is 2.71. The van der Waals surface area contributed by atoms with Crippen molar-refractivity contribution < 1.29 is 14.2 Å². The Bertz CT molecular complexity index is 421. The van der Waals surface area contributed by atoms with Crippen molar-refractivity contribution in [1.82, 2.24) is 0 Å². The van der Waals surface area contributed by atoms with Gasteiger partial charge in [-0.3, -0.25) is 0 Å². The normalized spacial score (nSPS) is 30.4. The van der Waals surface area contributed by atoms with Crippen LogP contribution in [0.1, 0.15) is 37.7 Å². The van der Waals surface area contributed by atoms with E-state index in [9.17, 15) is 4.39 Å². The molecule has 1 N–H and O–H groups in total. The lowest BCUT2D eigenvalue weighted by molar-refractivity contribution is 0.114. The molecule has 1 aromatic carbocycles. The first-order chi connectivity index (χ1) is 8.74. The monoisotopic (exact) mass is 250 g/mol. The van der Waals surface area contributed by atoms with E-state index in [1.165, 1.54) is 25.3 Å². The van der Waals surface area contributed by atoms with E-state index in [-0.39, 0.29) is 18.5 Å². The van der Waals surface area contributed by atoms with Crippen LogP contribution in [-0.4, -0.2) is 11.2 Å². The van der Waals surface area contributed by atoms with E-state index < -0.39 is 0 Å². The first-order valence-electron chi connectivity index (χ1n) is 6.80. The van der Waals surface area contributed by atoms with Crippen molar-refractivity contribution in [3.05, 3.63) is 29.6 Å². The van der Waals surface area contributed by atoms with Gasteiger partial charge in [-0.05, 0) is 48.8 Å². The molecule has 2 aliphatic carbocycles. The molecular formula is C15H19FO2.